The van der Waals surface area contributed by atoms with Crippen LogP contribution in [0.5, 0.6) is 11.5 Å². The van der Waals surface area contributed by atoms with Gasteiger partial charge in [0.25, 0.3) is 0 Å². The average molecular weight is 319 g/mol. The minimum atomic E-state index is -0.104. The number of hydrogen-bond donors (Lipinski definition) is 0. The molecule has 1 nitrogen and oxygen atoms in total. The van der Waals surface area contributed by atoms with E-state index in [1.165, 1.54) is 20.2 Å². The molecule has 0 saturated heterocycles. The summed E-state index contributed by atoms with van der Waals surface area (Å²) in [6, 6.07) is 25.8. The topological polar surface area (TPSA) is 9.23 Å². The van der Waals surface area contributed by atoms with E-state index in [2.05, 4.69) is 74.5 Å². The number of rotatable bonds is 2. The van der Waals surface area contributed by atoms with Gasteiger partial charge >= 0.3 is 0 Å². The highest BCUT2D eigenvalue weighted by Crippen LogP contribution is 2.46. The summed E-state index contributed by atoms with van der Waals surface area (Å²) in [6.07, 6.45) is 0. The van der Waals surface area contributed by atoms with Crippen molar-refractivity contribution in [2.45, 2.75) is 34.5 Å². The van der Waals surface area contributed by atoms with Gasteiger partial charge in [-0.2, -0.15) is 0 Å². The molecular weight excluding hydrogens is 300 g/mol. The molecule has 0 spiro atoms. The molecule has 0 aliphatic carbocycles. The molecule has 4 rings (SSSR count). The van der Waals surface area contributed by atoms with Crippen LogP contribution in [-0.2, 0) is 10.9 Å². The van der Waals surface area contributed by atoms with Gasteiger partial charge in [-0.3, -0.25) is 0 Å². The Labute approximate surface area is 140 Å². The van der Waals surface area contributed by atoms with E-state index < -0.39 is 0 Å². The molecule has 1 aliphatic heterocycles. The Morgan fingerprint density at radius 1 is 0.696 bits per heavy atom. The van der Waals surface area contributed by atoms with Crippen molar-refractivity contribution >= 4 is 10.9 Å². The highest BCUT2D eigenvalue weighted by atomic mass is 32.2. The van der Waals surface area contributed by atoms with E-state index in [1.807, 2.05) is 12.1 Å². The van der Waals surface area contributed by atoms with Crippen LogP contribution in [0.3, 0.4) is 0 Å². The highest BCUT2D eigenvalue weighted by molar-refractivity contribution is 7.97. The Morgan fingerprint density at radius 2 is 1.22 bits per heavy atom. The molecule has 2 heteroatoms. The molecule has 23 heavy (non-hydrogen) atoms. The molecule has 114 valence electrons. The predicted octanol–water partition coefficient (Wildman–Crippen LogP) is 6.01. The van der Waals surface area contributed by atoms with Crippen LogP contribution in [0.25, 0.3) is 0 Å². The van der Waals surface area contributed by atoms with Crippen molar-refractivity contribution in [3.63, 3.8) is 0 Å². The molecule has 0 unspecified atom stereocenters. The van der Waals surface area contributed by atoms with Gasteiger partial charge in [-0.1, -0.05) is 50.2 Å². The van der Waals surface area contributed by atoms with E-state index in [4.69, 9.17) is 4.74 Å². The molecule has 1 heterocycles. The summed E-state index contributed by atoms with van der Waals surface area (Å²) in [5, 5.41) is 0. The van der Waals surface area contributed by atoms with E-state index in [1.54, 1.807) is 0 Å². The van der Waals surface area contributed by atoms with Crippen molar-refractivity contribution in [1.29, 1.82) is 0 Å². The van der Waals surface area contributed by atoms with Gasteiger partial charge in [-0.15, -0.1) is 0 Å². The third-order valence-electron chi connectivity index (χ3n) is 4.14. The van der Waals surface area contributed by atoms with E-state index in [0.717, 1.165) is 11.5 Å². The number of para-hydroxylation sites is 2. The molecule has 1 aliphatic rings. The third-order valence-corrected chi connectivity index (χ3v) is 6.44. The van der Waals surface area contributed by atoms with E-state index in [0.29, 0.717) is 5.92 Å². The van der Waals surface area contributed by atoms with E-state index in [-0.39, 0.29) is 10.9 Å². The zero-order valence-electron chi connectivity index (χ0n) is 13.3. The van der Waals surface area contributed by atoms with Gasteiger partial charge in [0.15, 0.2) is 16.4 Å². The van der Waals surface area contributed by atoms with Crippen molar-refractivity contribution in [3.8, 4) is 11.5 Å². The molecule has 3 aromatic rings. The molecule has 3 aromatic carbocycles. The minimum absolute atomic E-state index is 0.104. The van der Waals surface area contributed by atoms with Crippen molar-refractivity contribution in [2.75, 3.05) is 0 Å². The first-order chi connectivity index (χ1) is 11.2. The Balaban J connectivity index is 1.87. The summed E-state index contributed by atoms with van der Waals surface area (Å²) < 4.78 is 6.10. The fourth-order valence-electron chi connectivity index (χ4n) is 2.89. The molecule has 0 fully saturated rings. The van der Waals surface area contributed by atoms with E-state index >= 15 is 0 Å². The normalized spacial score (nSPS) is 13.3. The number of hydrogen-bond acceptors (Lipinski definition) is 1. The van der Waals surface area contributed by atoms with Crippen LogP contribution in [0.1, 0.15) is 25.3 Å². The fraction of sp³-hybridized carbons (Fsp3) is 0.143. The van der Waals surface area contributed by atoms with Crippen molar-refractivity contribution in [3.05, 3.63) is 78.4 Å². The monoisotopic (exact) mass is 319 g/mol. The number of benzene rings is 3. The SMILES string of the molecule is CC(C)c1ccc([S+]2c3ccccc3Oc3ccccc32)cc1. The Kier molecular flexibility index (Phi) is 3.62. The summed E-state index contributed by atoms with van der Waals surface area (Å²) in [5.41, 5.74) is 1.38. The van der Waals surface area contributed by atoms with Gasteiger partial charge in [0.05, 0.1) is 0 Å². The molecule has 0 N–H and O–H groups in total. The summed E-state index contributed by atoms with van der Waals surface area (Å²) >= 11 is 0. The van der Waals surface area contributed by atoms with Crippen molar-refractivity contribution in [1.82, 2.24) is 0 Å². The lowest BCUT2D eigenvalue weighted by molar-refractivity contribution is 0.453. The van der Waals surface area contributed by atoms with Gasteiger partial charge in [-0.05, 0) is 47.9 Å². The quantitative estimate of drug-likeness (QED) is 0.411. The van der Waals surface area contributed by atoms with E-state index in [9.17, 15) is 0 Å². The summed E-state index contributed by atoms with van der Waals surface area (Å²) in [5.74, 6) is 2.51. The molecule has 0 aromatic heterocycles. The van der Waals surface area contributed by atoms with Crippen LogP contribution in [0.2, 0.25) is 0 Å². The summed E-state index contributed by atoms with van der Waals surface area (Å²) in [6.45, 7) is 4.46. The largest absolute Gasteiger partial charge is 0.447 e. The van der Waals surface area contributed by atoms with Crippen LogP contribution < -0.4 is 4.74 Å². The lowest BCUT2D eigenvalue weighted by atomic mass is 10.0. The third kappa shape index (κ3) is 2.53. The second-order valence-electron chi connectivity index (χ2n) is 6.03. The predicted molar refractivity (Wildman–Crippen MR) is 95.7 cm³/mol. The highest BCUT2D eigenvalue weighted by Gasteiger charge is 2.38. The van der Waals surface area contributed by atoms with Crippen LogP contribution in [0.15, 0.2) is 87.5 Å². The molecule has 0 amide bonds. The van der Waals surface area contributed by atoms with Gasteiger partial charge in [0, 0.05) is 0 Å². The lowest BCUT2D eigenvalue weighted by Gasteiger charge is -2.19. The van der Waals surface area contributed by atoms with Gasteiger partial charge in [0.1, 0.15) is 10.9 Å². The molecule has 0 saturated carbocycles. The first kappa shape index (κ1) is 14.4. The maximum absolute atomic E-state index is 6.10. The fourth-order valence-corrected chi connectivity index (χ4v) is 5.09. The van der Waals surface area contributed by atoms with Gasteiger partial charge in [0.2, 0.25) is 9.79 Å². The molecular formula is C21H19OS+. The first-order valence-corrected chi connectivity index (χ1v) is 9.16. The van der Waals surface area contributed by atoms with Gasteiger partial charge in [-0.25, -0.2) is 0 Å². The Bertz CT molecular complexity index is 791. The zero-order valence-corrected chi connectivity index (χ0v) is 14.1. The molecule has 0 radical (unpaired) electrons. The minimum Gasteiger partial charge on any atom is -0.447 e. The summed E-state index contributed by atoms with van der Waals surface area (Å²) in [4.78, 5) is 3.88. The second-order valence-corrected chi connectivity index (χ2v) is 7.99. The smallest absolute Gasteiger partial charge is 0.209 e. The maximum Gasteiger partial charge on any atom is 0.209 e. The zero-order chi connectivity index (χ0) is 15.8. The maximum atomic E-state index is 6.10. The standard InChI is InChI=1S/C21H19OS/c1-15(2)16-11-13-17(14-12-16)23-20-9-5-3-7-18(20)22-19-8-4-6-10-21(19)23/h3-15H,1-2H3/q+1. The summed E-state index contributed by atoms with van der Waals surface area (Å²) in [7, 11) is -0.104. The van der Waals surface area contributed by atoms with Crippen LogP contribution in [-0.4, -0.2) is 0 Å². The van der Waals surface area contributed by atoms with Crippen molar-refractivity contribution < 1.29 is 4.74 Å². The molecule has 0 atom stereocenters. The Morgan fingerprint density at radius 3 is 1.74 bits per heavy atom. The van der Waals surface area contributed by atoms with Crippen molar-refractivity contribution in [2.24, 2.45) is 0 Å². The molecule has 0 bridgehead atoms. The van der Waals surface area contributed by atoms with Crippen LogP contribution >= 0.6 is 0 Å². The van der Waals surface area contributed by atoms with Gasteiger partial charge < -0.3 is 4.74 Å². The number of fused-ring (bicyclic) bond motifs is 2. The first-order valence-electron chi connectivity index (χ1n) is 7.94. The number of ether oxygens (including phenoxy) is 1. The van der Waals surface area contributed by atoms with Crippen LogP contribution in [0.4, 0.5) is 0 Å². The van der Waals surface area contributed by atoms with Crippen LogP contribution in [0, 0.1) is 0 Å². The Hall–Kier alpha value is -2.19. The second kappa shape index (κ2) is 5.78. The average Bonchev–Trinajstić information content (AvgIpc) is 2.59. The lowest BCUT2D eigenvalue weighted by Crippen LogP contribution is -2.12.